The molecule has 0 fully saturated rings. The van der Waals surface area contributed by atoms with Gasteiger partial charge >= 0.3 is 0 Å². The number of nitrogens with zero attached hydrogens (tertiary/aromatic N) is 1. The standard InChI is InChI=1S/C13H14N2/c1-9-3-4-11(13(14)7-9)12-8-15-6-5-10(12)2/h3-8H,14H2,1-2H3. The summed E-state index contributed by atoms with van der Waals surface area (Å²) < 4.78 is 0. The van der Waals surface area contributed by atoms with Crippen LogP contribution >= 0.6 is 0 Å². The normalized spacial score (nSPS) is 10.3. The average Bonchev–Trinajstić information content (AvgIpc) is 2.20. The van der Waals surface area contributed by atoms with Gasteiger partial charge in [0, 0.05) is 29.2 Å². The number of anilines is 1. The van der Waals surface area contributed by atoms with E-state index in [1.54, 1.807) is 6.20 Å². The molecule has 0 saturated heterocycles. The number of pyridine rings is 1. The number of hydrogen-bond acceptors (Lipinski definition) is 2. The fourth-order valence-electron chi connectivity index (χ4n) is 1.67. The van der Waals surface area contributed by atoms with Crippen molar-refractivity contribution in [3.63, 3.8) is 0 Å². The third kappa shape index (κ3) is 1.84. The smallest absolute Gasteiger partial charge is 0.0397 e. The summed E-state index contributed by atoms with van der Waals surface area (Å²) in [5.74, 6) is 0. The van der Waals surface area contributed by atoms with Gasteiger partial charge in [0.15, 0.2) is 0 Å². The Hall–Kier alpha value is -1.83. The van der Waals surface area contributed by atoms with Crippen molar-refractivity contribution in [3.8, 4) is 11.1 Å². The number of hydrogen-bond donors (Lipinski definition) is 1. The molecule has 76 valence electrons. The molecule has 0 bridgehead atoms. The van der Waals surface area contributed by atoms with Gasteiger partial charge in [-0.1, -0.05) is 12.1 Å². The molecule has 2 N–H and O–H groups in total. The summed E-state index contributed by atoms with van der Waals surface area (Å²) in [4.78, 5) is 4.13. The quantitative estimate of drug-likeness (QED) is 0.715. The van der Waals surface area contributed by atoms with Crippen molar-refractivity contribution in [1.29, 1.82) is 0 Å². The molecule has 0 unspecified atom stereocenters. The van der Waals surface area contributed by atoms with E-state index in [1.165, 1.54) is 11.1 Å². The number of benzene rings is 1. The van der Waals surface area contributed by atoms with Crippen LogP contribution < -0.4 is 5.73 Å². The minimum absolute atomic E-state index is 0.811. The van der Waals surface area contributed by atoms with Crippen LogP contribution in [-0.2, 0) is 0 Å². The van der Waals surface area contributed by atoms with Gasteiger partial charge in [-0.25, -0.2) is 0 Å². The van der Waals surface area contributed by atoms with Crippen LogP contribution in [0.4, 0.5) is 5.69 Å². The fourth-order valence-corrected chi connectivity index (χ4v) is 1.67. The van der Waals surface area contributed by atoms with Crippen LogP contribution in [0, 0.1) is 13.8 Å². The van der Waals surface area contributed by atoms with E-state index in [0.717, 1.165) is 16.8 Å². The van der Waals surface area contributed by atoms with Crippen LogP contribution in [-0.4, -0.2) is 4.98 Å². The van der Waals surface area contributed by atoms with Gasteiger partial charge in [0.05, 0.1) is 0 Å². The minimum atomic E-state index is 0.811. The second-order valence-corrected chi connectivity index (χ2v) is 3.78. The molecular weight excluding hydrogens is 184 g/mol. The van der Waals surface area contributed by atoms with Gasteiger partial charge in [0.25, 0.3) is 0 Å². The van der Waals surface area contributed by atoms with Crippen molar-refractivity contribution in [1.82, 2.24) is 4.98 Å². The molecule has 0 radical (unpaired) electrons. The molecule has 15 heavy (non-hydrogen) atoms. The highest BCUT2D eigenvalue weighted by atomic mass is 14.6. The van der Waals surface area contributed by atoms with E-state index in [2.05, 4.69) is 24.0 Å². The van der Waals surface area contributed by atoms with Gasteiger partial charge in [-0.05, 0) is 37.1 Å². The first-order valence-corrected chi connectivity index (χ1v) is 4.95. The number of nitrogen functional groups attached to an aromatic ring is 1. The summed E-state index contributed by atoms with van der Waals surface area (Å²) in [5.41, 5.74) is 11.3. The molecule has 2 heteroatoms. The summed E-state index contributed by atoms with van der Waals surface area (Å²) >= 11 is 0. The Balaban J connectivity index is 2.60. The largest absolute Gasteiger partial charge is 0.398 e. The molecule has 1 aromatic heterocycles. The van der Waals surface area contributed by atoms with Crippen LogP contribution in [0.25, 0.3) is 11.1 Å². The van der Waals surface area contributed by atoms with Crippen molar-refractivity contribution >= 4 is 5.69 Å². The first-order valence-electron chi connectivity index (χ1n) is 4.95. The average molecular weight is 198 g/mol. The first kappa shape index (κ1) is 9.71. The second-order valence-electron chi connectivity index (χ2n) is 3.78. The lowest BCUT2D eigenvalue weighted by Gasteiger charge is -2.08. The molecule has 2 rings (SSSR count). The molecule has 0 atom stereocenters. The molecule has 0 saturated carbocycles. The number of nitrogens with two attached hydrogens (primary N) is 1. The van der Waals surface area contributed by atoms with Gasteiger partial charge in [-0.15, -0.1) is 0 Å². The molecule has 1 aromatic carbocycles. The molecule has 0 spiro atoms. The van der Waals surface area contributed by atoms with E-state index >= 15 is 0 Å². The summed E-state index contributed by atoms with van der Waals surface area (Å²) in [6, 6.07) is 8.10. The van der Waals surface area contributed by atoms with Gasteiger partial charge in [-0.2, -0.15) is 0 Å². The van der Waals surface area contributed by atoms with Gasteiger partial charge in [0.2, 0.25) is 0 Å². The lowest BCUT2D eigenvalue weighted by atomic mass is 10.0. The maximum atomic E-state index is 5.99. The monoisotopic (exact) mass is 198 g/mol. The van der Waals surface area contributed by atoms with Crippen molar-refractivity contribution < 1.29 is 0 Å². The Bertz CT molecular complexity index is 490. The Morgan fingerprint density at radius 2 is 1.87 bits per heavy atom. The molecular formula is C13H14N2. The van der Waals surface area contributed by atoms with Crippen LogP contribution in [0.2, 0.25) is 0 Å². The summed E-state index contributed by atoms with van der Waals surface area (Å²) in [6.45, 7) is 4.10. The van der Waals surface area contributed by atoms with Crippen molar-refractivity contribution in [2.24, 2.45) is 0 Å². The van der Waals surface area contributed by atoms with E-state index in [4.69, 9.17) is 5.73 Å². The van der Waals surface area contributed by atoms with Crippen molar-refractivity contribution in [2.45, 2.75) is 13.8 Å². The first-order chi connectivity index (χ1) is 7.18. The summed E-state index contributed by atoms with van der Waals surface area (Å²) in [6.07, 6.45) is 3.65. The maximum Gasteiger partial charge on any atom is 0.0397 e. The van der Waals surface area contributed by atoms with E-state index < -0.39 is 0 Å². The number of aromatic nitrogens is 1. The minimum Gasteiger partial charge on any atom is -0.398 e. The van der Waals surface area contributed by atoms with Gasteiger partial charge in [-0.3, -0.25) is 4.98 Å². The van der Waals surface area contributed by atoms with Crippen LogP contribution in [0.5, 0.6) is 0 Å². The third-order valence-corrected chi connectivity index (χ3v) is 2.54. The zero-order valence-electron chi connectivity index (χ0n) is 8.99. The van der Waals surface area contributed by atoms with Crippen LogP contribution in [0.1, 0.15) is 11.1 Å². The fraction of sp³-hybridized carbons (Fsp3) is 0.154. The Kier molecular flexibility index (Phi) is 2.42. The molecule has 0 aliphatic carbocycles. The number of rotatable bonds is 1. The Labute approximate surface area is 89.8 Å². The van der Waals surface area contributed by atoms with E-state index in [0.29, 0.717) is 0 Å². The van der Waals surface area contributed by atoms with Crippen molar-refractivity contribution in [3.05, 3.63) is 47.8 Å². The van der Waals surface area contributed by atoms with E-state index in [9.17, 15) is 0 Å². The third-order valence-electron chi connectivity index (χ3n) is 2.54. The van der Waals surface area contributed by atoms with Gasteiger partial charge < -0.3 is 5.73 Å². The zero-order valence-corrected chi connectivity index (χ0v) is 8.99. The highest BCUT2D eigenvalue weighted by Gasteiger charge is 2.05. The lowest BCUT2D eigenvalue weighted by Crippen LogP contribution is -1.93. The Morgan fingerprint density at radius 1 is 1.07 bits per heavy atom. The van der Waals surface area contributed by atoms with Crippen LogP contribution in [0.15, 0.2) is 36.7 Å². The van der Waals surface area contributed by atoms with Crippen molar-refractivity contribution in [2.75, 3.05) is 5.73 Å². The maximum absolute atomic E-state index is 5.99. The predicted molar refractivity (Wildman–Crippen MR) is 63.6 cm³/mol. The van der Waals surface area contributed by atoms with Crippen LogP contribution in [0.3, 0.4) is 0 Å². The highest BCUT2D eigenvalue weighted by Crippen LogP contribution is 2.28. The van der Waals surface area contributed by atoms with E-state index in [-0.39, 0.29) is 0 Å². The highest BCUT2D eigenvalue weighted by molar-refractivity contribution is 5.78. The second kappa shape index (κ2) is 3.73. The van der Waals surface area contributed by atoms with E-state index in [1.807, 2.05) is 25.3 Å². The Morgan fingerprint density at radius 3 is 2.53 bits per heavy atom. The van der Waals surface area contributed by atoms with Gasteiger partial charge in [0.1, 0.15) is 0 Å². The molecule has 0 aliphatic rings. The summed E-state index contributed by atoms with van der Waals surface area (Å²) in [7, 11) is 0. The topological polar surface area (TPSA) is 38.9 Å². The molecule has 0 aliphatic heterocycles. The SMILES string of the molecule is Cc1ccc(-c2cnccc2C)c(N)c1. The lowest BCUT2D eigenvalue weighted by molar-refractivity contribution is 1.28. The summed E-state index contributed by atoms with van der Waals surface area (Å²) in [5, 5.41) is 0. The zero-order chi connectivity index (χ0) is 10.8. The molecule has 0 amide bonds. The predicted octanol–water partition coefficient (Wildman–Crippen LogP) is 2.95. The molecule has 1 heterocycles. The molecule has 2 aromatic rings. The number of aryl methyl sites for hydroxylation is 2. The molecule has 2 nitrogen and oxygen atoms in total.